The Labute approximate surface area is 190 Å². The molecule has 0 heterocycles. The summed E-state index contributed by atoms with van der Waals surface area (Å²) in [5.74, 6) is 0. The monoisotopic (exact) mass is 534 g/mol. The highest BCUT2D eigenvalue weighted by Gasteiger charge is 2.67. The zero-order valence-electron chi connectivity index (χ0n) is 19.2. The molecule has 0 saturated heterocycles. The lowest BCUT2D eigenvalue weighted by molar-refractivity contribution is 0.0932. The largest absolute Gasteiger partial charge is 0.482 e. The van der Waals surface area contributed by atoms with Gasteiger partial charge in [-0.2, -0.15) is 0 Å². The molecule has 9 nitrogen and oxygen atoms in total. The van der Waals surface area contributed by atoms with Crippen molar-refractivity contribution in [1.82, 2.24) is 0 Å². The lowest BCUT2D eigenvalue weighted by Crippen LogP contribution is -2.26. The van der Waals surface area contributed by atoms with Gasteiger partial charge in [0.15, 0.2) is 0 Å². The summed E-state index contributed by atoms with van der Waals surface area (Å²) in [6.45, 7) is 15.5. The average molecular weight is 535 g/mol. The van der Waals surface area contributed by atoms with Crippen LogP contribution in [0.4, 0.5) is 0 Å². The van der Waals surface area contributed by atoms with Crippen LogP contribution in [0.1, 0.15) is 69.2 Å². The summed E-state index contributed by atoms with van der Waals surface area (Å²) in [5, 5.41) is 0. The Morgan fingerprint density at radius 1 is 0.533 bits per heavy atom. The molecule has 0 N–H and O–H groups in total. The quantitative estimate of drug-likeness (QED) is 0.163. The molecule has 1 atom stereocenters. The number of hydrogen-bond acceptors (Lipinski definition) is 9. The number of hydrogen-bond donors (Lipinski definition) is 0. The smallest absolute Gasteiger partial charge is 0.303 e. The normalized spacial score (nSPS) is 16.3. The van der Waals surface area contributed by atoms with Gasteiger partial charge in [0.2, 0.25) is 0 Å². The van der Waals surface area contributed by atoms with Gasteiger partial charge in [0, 0.05) is 0 Å². The van der Waals surface area contributed by atoms with Gasteiger partial charge in [0.25, 0.3) is 0 Å². The third-order valence-corrected chi connectivity index (χ3v) is 13.0. The Morgan fingerprint density at radius 2 is 0.800 bits per heavy atom. The fourth-order valence-corrected chi connectivity index (χ4v) is 10.3. The molecule has 0 fully saturated rings. The Bertz CT molecular complexity index is 653. The predicted octanol–water partition coefficient (Wildman–Crippen LogP) is 7.71. The molecule has 0 radical (unpaired) electrons. The Kier molecular flexibility index (Phi) is 12.4. The van der Waals surface area contributed by atoms with E-state index in [4.69, 9.17) is 50.1 Å². The van der Waals surface area contributed by atoms with Crippen molar-refractivity contribution in [3.63, 3.8) is 0 Å². The molecule has 1 unspecified atom stereocenters. The summed E-state index contributed by atoms with van der Waals surface area (Å²) >= 11 is 12.7. The van der Waals surface area contributed by atoms with Crippen molar-refractivity contribution in [3.05, 3.63) is 0 Å². The average Bonchev–Trinajstić information content (AvgIpc) is 2.40. The van der Waals surface area contributed by atoms with Crippen LogP contribution in [0.3, 0.4) is 0 Å². The minimum Gasteiger partial charge on any atom is -0.303 e. The Hall–Kier alpha value is 1.03. The number of halogens is 2. The van der Waals surface area contributed by atoms with E-state index >= 15 is 0 Å². The zero-order chi connectivity index (χ0) is 24.1. The van der Waals surface area contributed by atoms with Crippen LogP contribution >= 0.6 is 46.2 Å². The highest BCUT2D eigenvalue weighted by molar-refractivity contribution is 7.82. The first-order valence-corrected chi connectivity index (χ1v) is 14.9. The molecule has 0 aliphatic heterocycles. The maximum absolute atomic E-state index is 13.9. The summed E-state index contributed by atoms with van der Waals surface area (Å²) < 4.78 is 69.8. The first-order valence-electron chi connectivity index (χ1n) is 9.60. The standard InChI is InChI=1S/C16H35Cl2O9P3/c1-11(2)22-28(19,23-12(3)4)16(17,18)29(20,24-13(5)6)27-30(21,25-14(7)8)26-15(9)10/h11-15H,1-10H3. The summed E-state index contributed by atoms with van der Waals surface area (Å²) in [6, 6.07) is 0. The third-order valence-electron chi connectivity index (χ3n) is 2.60. The second-order valence-corrected chi connectivity index (χ2v) is 16.5. The molecular weight excluding hydrogens is 500 g/mol. The van der Waals surface area contributed by atoms with Crippen LogP contribution in [0.25, 0.3) is 0 Å². The lowest BCUT2D eigenvalue weighted by Gasteiger charge is -2.37. The van der Waals surface area contributed by atoms with Crippen LogP contribution in [0.2, 0.25) is 0 Å². The van der Waals surface area contributed by atoms with Crippen molar-refractivity contribution in [2.45, 2.75) is 104 Å². The van der Waals surface area contributed by atoms with Crippen LogP contribution in [0.15, 0.2) is 0 Å². The summed E-state index contributed by atoms with van der Waals surface area (Å²) in [4.78, 5) is 0. The first-order chi connectivity index (χ1) is 13.3. The number of rotatable bonds is 14. The molecule has 0 aromatic carbocycles. The minimum atomic E-state index is -4.94. The highest BCUT2D eigenvalue weighted by atomic mass is 35.5. The van der Waals surface area contributed by atoms with E-state index in [0.29, 0.717) is 0 Å². The Morgan fingerprint density at radius 3 is 1.07 bits per heavy atom. The van der Waals surface area contributed by atoms with Gasteiger partial charge in [-0.3, -0.25) is 18.2 Å². The molecular formula is C16H35Cl2O9P3. The van der Waals surface area contributed by atoms with Gasteiger partial charge >= 0.3 is 26.8 Å². The maximum Gasteiger partial charge on any atom is 0.482 e. The molecule has 0 aromatic heterocycles. The van der Waals surface area contributed by atoms with Crippen molar-refractivity contribution >= 4 is 46.2 Å². The van der Waals surface area contributed by atoms with E-state index in [1.165, 1.54) is 13.8 Å². The van der Waals surface area contributed by atoms with Crippen LogP contribution in [0, 0.1) is 0 Å². The van der Waals surface area contributed by atoms with Crippen LogP contribution < -0.4 is 0 Å². The van der Waals surface area contributed by atoms with Crippen molar-refractivity contribution in [3.8, 4) is 0 Å². The van der Waals surface area contributed by atoms with Crippen LogP contribution in [-0.4, -0.2) is 34.3 Å². The van der Waals surface area contributed by atoms with Gasteiger partial charge in [0.1, 0.15) is 0 Å². The summed E-state index contributed by atoms with van der Waals surface area (Å²) in [7, 11) is -14.1. The van der Waals surface area contributed by atoms with Gasteiger partial charge in [-0.15, -0.1) is 0 Å². The number of alkyl halides is 2. The second-order valence-electron chi connectivity index (χ2n) is 7.80. The molecule has 0 aromatic rings. The molecule has 182 valence electrons. The van der Waals surface area contributed by atoms with E-state index in [1.807, 2.05) is 0 Å². The molecule has 0 saturated carbocycles. The van der Waals surface area contributed by atoms with Crippen molar-refractivity contribution in [1.29, 1.82) is 0 Å². The molecule has 0 aliphatic carbocycles. The number of phosphoric acid groups is 1. The van der Waals surface area contributed by atoms with E-state index in [0.717, 1.165) is 0 Å². The van der Waals surface area contributed by atoms with E-state index < -0.39 is 57.3 Å². The molecule has 0 bridgehead atoms. The van der Waals surface area contributed by atoms with Gasteiger partial charge in [-0.05, 0) is 69.2 Å². The second kappa shape index (κ2) is 11.9. The Balaban J connectivity index is 6.56. The fraction of sp³-hybridized carbons (Fsp3) is 1.00. The minimum absolute atomic E-state index is 0.646. The van der Waals surface area contributed by atoms with E-state index in [9.17, 15) is 13.7 Å². The SMILES string of the molecule is CC(C)OP(=O)(OC(C)C)OP(=O)(OC(C)C)C(Cl)(Cl)P(=O)(OC(C)C)OC(C)C. The maximum atomic E-state index is 13.9. The van der Waals surface area contributed by atoms with E-state index in [-0.39, 0.29) is 0 Å². The topological polar surface area (TPSA) is 107 Å². The first kappa shape index (κ1) is 31.0. The van der Waals surface area contributed by atoms with Crippen molar-refractivity contribution < 1.29 is 40.6 Å². The predicted molar refractivity (Wildman–Crippen MR) is 119 cm³/mol. The fourth-order valence-electron chi connectivity index (χ4n) is 1.98. The molecule has 0 rings (SSSR count). The summed E-state index contributed by atoms with van der Waals surface area (Å²) in [6.07, 6.45) is -3.43. The van der Waals surface area contributed by atoms with Crippen LogP contribution in [-0.2, 0) is 40.6 Å². The van der Waals surface area contributed by atoms with Crippen molar-refractivity contribution in [2.24, 2.45) is 0 Å². The molecule has 0 aliphatic rings. The van der Waals surface area contributed by atoms with Gasteiger partial charge in [-0.25, -0.2) is 8.88 Å². The van der Waals surface area contributed by atoms with E-state index in [2.05, 4.69) is 0 Å². The third kappa shape index (κ3) is 9.11. The molecule has 0 amide bonds. The van der Waals surface area contributed by atoms with Gasteiger partial charge < -0.3 is 13.6 Å². The van der Waals surface area contributed by atoms with E-state index in [1.54, 1.807) is 55.4 Å². The van der Waals surface area contributed by atoms with Gasteiger partial charge in [0.05, 0.1) is 30.5 Å². The van der Waals surface area contributed by atoms with Crippen LogP contribution in [0.5, 0.6) is 0 Å². The highest BCUT2D eigenvalue weighted by Crippen LogP contribution is 2.85. The zero-order valence-corrected chi connectivity index (χ0v) is 23.4. The summed E-state index contributed by atoms with van der Waals surface area (Å²) in [5.41, 5.74) is 0. The molecule has 14 heteroatoms. The van der Waals surface area contributed by atoms with Gasteiger partial charge in [-0.1, -0.05) is 23.2 Å². The molecule has 30 heavy (non-hydrogen) atoms. The number of phosphoric ester groups is 1. The molecule has 0 spiro atoms. The van der Waals surface area contributed by atoms with Crippen molar-refractivity contribution in [2.75, 3.05) is 0 Å². The lowest BCUT2D eigenvalue weighted by atomic mass is 10.5.